The van der Waals surface area contributed by atoms with Gasteiger partial charge in [0.25, 0.3) is 0 Å². The fourth-order valence-electron chi connectivity index (χ4n) is 0.102. The standard InChI is InChI=1S/C4H2N2S2.2Na/c5-1-3(7)4(8)2-6;;/h7-8H;;/q;2*+1/p-2. The molecule has 0 aromatic carbocycles. The molecule has 0 spiro atoms. The maximum Gasteiger partial charge on any atom is 1.00 e. The van der Waals surface area contributed by atoms with Crippen molar-refractivity contribution < 1.29 is 59.1 Å². The first kappa shape index (κ1) is 17.3. The molecule has 40 valence electrons. The molecule has 0 heterocycles. The zero-order valence-corrected chi connectivity index (χ0v) is 11.3. The van der Waals surface area contributed by atoms with Crippen LogP contribution in [0.4, 0.5) is 0 Å². The first-order valence-electron chi connectivity index (χ1n) is 1.61. The Kier molecular flexibility index (Phi) is 17.6. The van der Waals surface area contributed by atoms with Crippen molar-refractivity contribution in [3.63, 3.8) is 0 Å². The van der Waals surface area contributed by atoms with Gasteiger partial charge in [0.2, 0.25) is 0 Å². The van der Waals surface area contributed by atoms with Crippen LogP contribution in [0.3, 0.4) is 0 Å². The summed E-state index contributed by atoms with van der Waals surface area (Å²) in [6.45, 7) is 0. The van der Waals surface area contributed by atoms with E-state index in [1.54, 1.807) is 12.1 Å². The zero-order valence-electron chi connectivity index (χ0n) is 5.71. The molecule has 0 amide bonds. The fourth-order valence-corrected chi connectivity index (χ4v) is 0.193. The van der Waals surface area contributed by atoms with Gasteiger partial charge in [0.1, 0.15) is 0 Å². The summed E-state index contributed by atoms with van der Waals surface area (Å²) in [6, 6.07) is 3.17. The van der Waals surface area contributed by atoms with Crippen LogP contribution in [-0.2, 0) is 25.3 Å². The maximum atomic E-state index is 8.01. The largest absolute Gasteiger partial charge is 1.00 e. The Hall–Kier alpha value is 1.16. The minimum absolute atomic E-state index is 0. The fraction of sp³-hybridized carbons (Fsp3) is 0. The van der Waals surface area contributed by atoms with E-state index in [9.17, 15) is 0 Å². The molecule has 0 aliphatic rings. The molecule has 0 bridgehead atoms. The van der Waals surface area contributed by atoms with Crippen molar-refractivity contribution in [2.75, 3.05) is 0 Å². The SMILES string of the molecule is N#CC([S-])=C([S-])C#N.[Na+].[Na+]. The third-order valence-corrected chi connectivity index (χ3v) is 1.13. The molecular formula is C4N2Na2S2. The van der Waals surface area contributed by atoms with Gasteiger partial charge in [0.15, 0.2) is 0 Å². The predicted molar refractivity (Wildman–Crippen MR) is 33.0 cm³/mol. The van der Waals surface area contributed by atoms with Crippen LogP contribution in [0, 0.1) is 22.7 Å². The van der Waals surface area contributed by atoms with E-state index in [2.05, 4.69) is 25.3 Å². The Bertz CT molecular complexity index is 178. The summed E-state index contributed by atoms with van der Waals surface area (Å²) < 4.78 is 0. The number of rotatable bonds is 0. The topological polar surface area (TPSA) is 47.6 Å². The average molecular weight is 186 g/mol. The Morgan fingerprint density at radius 1 is 0.900 bits per heavy atom. The van der Waals surface area contributed by atoms with Gasteiger partial charge in [0.05, 0.1) is 12.1 Å². The molecule has 0 saturated heterocycles. The van der Waals surface area contributed by atoms with Crippen molar-refractivity contribution in [1.29, 1.82) is 10.5 Å². The van der Waals surface area contributed by atoms with Crippen LogP contribution in [0.1, 0.15) is 0 Å². The third-order valence-electron chi connectivity index (χ3n) is 0.409. The summed E-state index contributed by atoms with van der Waals surface area (Å²) in [4.78, 5) is -0.218. The molecular weight excluding hydrogens is 186 g/mol. The second kappa shape index (κ2) is 10.2. The monoisotopic (exact) mass is 186 g/mol. The van der Waals surface area contributed by atoms with Crippen molar-refractivity contribution in [2.45, 2.75) is 0 Å². The van der Waals surface area contributed by atoms with Gasteiger partial charge < -0.3 is 25.3 Å². The molecule has 0 atom stereocenters. The van der Waals surface area contributed by atoms with Crippen molar-refractivity contribution in [1.82, 2.24) is 0 Å². The van der Waals surface area contributed by atoms with E-state index in [0.29, 0.717) is 0 Å². The normalized spacial score (nSPS) is 8.60. The van der Waals surface area contributed by atoms with E-state index in [1.807, 2.05) is 0 Å². The summed E-state index contributed by atoms with van der Waals surface area (Å²) >= 11 is 8.70. The molecule has 6 heteroatoms. The molecule has 0 unspecified atom stereocenters. The van der Waals surface area contributed by atoms with Crippen molar-refractivity contribution in [3.8, 4) is 12.1 Å². The second-order valence-electron chi connectivity index (χ2n) is 0.882. The van der Waals surface area contributed by atoms with E-state index in [1.165, 1.54) is 0 Å². The zero-order chi connectivity index (χ0) is 6.57. The minimum atomic E-state index is -0.109. The minimum Gasteiger partial charge on any atom is -0.770 e. The average Bonchev–Trinajstić information content (AvgIpc) is 1.84. The molecule has 0 aliphatic heterocycles. The van der Waals surface area contributed by atoms with Gasteiger partial charge in [-0.1, -0.05) is 0 Å². The van der Waals surface area contributed by atoms with Gasteiger partial charge in [-0.15, -0.1) is 9.81 Å². The molecule has 0 rings (SSSR count). The Morgan fingerprint density at radius 3 is 1.20 bits per heavy atom. The van der Waals surface area contributed by atoms with Gasteiger partial charge in [-0.3, -0.25) is 0 Å². The van der Waals surface area contributed by atoms with Crippen LogP contribution < -0.4 is 59.1 Å². The van der Waals surface area contributed by atoms with Crippen LogP contribution in [0.5, 0.6) is 0 Å². The van der Waals surface area contributed by atoms with E-state index < -0.39 is 0 Å². The van der Waals surface area contributed by atoms with Crippen LogP contribution >= 0.6 is 0 Å². The summed E-state index contributed by atoms with van der Waals surface area (Å²) in [7, 11) is 0. The molecule has 0 radical (unpaired) electrons. The van der Waals surface area contributed by atoms with Gasteiger partial charge in [0, 0.05) is 0 Å². The summed E-state index contributed by atoms with van der Waals surface area (Å²) in [5, 5.41) is 16.0. The first-order valence-corrected chi connectivity index (χ1v) is 2.42. The smallest absolute Gasteiger partial charge is 0.770 e. The van der Waals surface area contributed by atoms with Crippen molar-refractivity contribution >= 4 is 25.3 Å². The molecule has 0 aromatic rings. The number of allylic oxidation sites excluding steroid dienone is 2. The second-order valence-corrected chi connectivity index (χ2v) is 1.70. The van der Waals surface area contributed by atoms with E-state index in [-0.39, 0.29) is 68.9 Å². The van der Waals surface area contributed by atoms with Gasteiger partial charge >= 0.3 is 59.1 Å². The van der Waals surface area contributed by atoms with Gasteiger partial charge in [-0.2, -0.15) is 10.5 Å². The van der Waals surface area contributed by atoms with Gasteiger partial charge in [-0.05, 0) is 0 Å². The first-order chi connectivity index (χ1) is 3.72. The van der Waals surface area contributed by atoms with Crippen LogP contribution in [0.25, 0.3) is 0 Å². The summed E-state index contributed by atoms with van der Waals surface area (Å²) in [5.41, 5.74) is 0. The molecule has 0 saturated carbocycles. The number of hydrogen-bond donors (Lipinski definition) is 0. The number of hydrogen-bond acceptors (Lipinski definition) is 4. The molecule has 0 aromatic heterocycles. The maximum absolute atomic E-state index is 8.01. The molecule has 0 aliphatic carbocycles. The number of nitrogens with zero attached hydrogens (tertiary/aromatic N) is 2. The van der Waals surface area contributed by atoms with Gasteiger partial charge in [-0.25, -0.2) is 0 Å². The van der Waals surface area contributed by atoms with Crippen LogP contribution in [0.2, 0.25) is 0 Å². The van der Waals surface area contributed by atoms with Crippen molar-refractivity contribution in [3.05, 3.63) is 9.81 Å². The quantitative estimate of drug-likeness (QED) is 0.215. The predicted octanol–water partition coefficient (Wildman–Crippen LogP) is -5.65. The Morgan fingerprint density at radius 2 is 1.10 bits per heavy atom. The molecule has 0 fully saturated rings. The number of nitriles is 2. The van der Waals surface area contributed by atoms with Crippen LogP contribution in [0.15, 0.2) is 9.81 Å². The molecule has 10 heavy (non-hydrogen) atoms. The Labute approximate surface area is 115 Å². The molecule has 2 nitrogen and oxygen atoms in total. The summed E-state index contributed by atoms with van der Waals surface area (Å²) in [5.74, 6) is 0. The summed E-state index contributed by atoms with van der Waals surface area (Å²) in [6.07, 6.45) is 0. The van der Waals surface area contributed by atoms with E-state index in [4.69, 9.17) is 10.5 Å². The molecule has 0 N–H and O–H groups in total. The Balaban J connectivity index is -0.000000245. The van der Waals surface area contributed by atoms with E-state index >= 15 is 0 Å². The third kappa shape index (κ3) is 7.27. The van der Waals surface area contributed by atoms with E-state index in [0.717, 1.165) is 0 Å². The van der Waals surface area contributed by atoms with Crippen LogP contribution in [-0.4, -0.2) is 0 Å². The van der Waals surface area contributed by atoms with Crippen molar-refractivity contribution in [2.24, 2.45) is 0 Å².